The van der Waals surface area contributed by atoms with Crippen LogP contribution in [0, 0.1) is 5.92 Å². The minimum atomic E-state index is -0.964. The SMILES string of the molecule is CC(C)N1CCC(CN(C[C@H](NC(=O)c2ccc3c(Cl)c[nH]c3c2)c2ccccc2)C(=O)O)CC1. The Hall–Kier alpha value is -3.03. The Kier molecular flexibility index (Phi) is 7.98. The van der Waals surface area contributed by atoms with Gasteiger partial charge in [-0.2, -0.15) is 0 Å². The number of likely N-dealkylation sites (tertiary alicyclic amines) is 1. The van der Waals surface area contributed by atoms with Crippen LogP contribution in [0.2, 0.25) is 5.02 Å². The Morgan fingerprint density at radius 1 is 1.17 bits per heavy atom. The zero-order chi connectivity index (χ0) is 24.9. The van der Waals surface area contributed by atoms with Crippen molar-refractivity contribution in [2.24, 2.45) is 5.92 Å². The van der Waals surface area contributed by atoms with Crippen LogP contribution in [0.25, 0.3) is 10.9 Å². The second kappa shape index (κ2) is 11.1. The predicted octanol–water partition coefficient (Wildman–Crippen LogP) is 5.39. The molecule has 7 nitrogen and oxygen atoms in total. The topological polar surface area (TPSA) is 88.7 Å². The number of nitrogens with zero attached hydrogens (tertiary/aromatic N) is 2. The molecule has 186 valence electrons. The first kappa shape index (κ1) is 25.1. The fourth-order valence-electron chi connectivity index (χ4n) is 4.81. The number of carboxylic acid groups (broad SMARTS) is 1. The molecule has 2 aromatic carbocycles. The molecule has 1 aromatic heterocycles. The number of nitrogens with one attached hydrogen (secondary N) is 2. The van der Waals surface area contributed by atoms with Gasteiger partial charge < -0.3 is 25.2 Å². The molecule has 1 aliphatic heterocycles. The number of aromatic nitrogens is 1. The molecule has 4 rings (SSSR count). The lowest BCUT2D eigenvalue weighted by Gasteiger charge is -2.37. The average Bonchev–Trinajstić information content (AvgIpc) is 3.23. The largest absolute Gasteiger partial charge is 0.465 e. The minimum absolute atomic E-state index is 0.187. The van der Waals surface area contributed by atoms with Gasteiger partial charge in [-0.25, -0.2) is 4.79 Å². The van der Waals surface area contributed by atoms with Gasteiger partial charge in [0.25, 0.3) is 5.91 Å². The Morgan fingerprint density at radius 3 is 2.54 bits per heavy atom. The molecule has 0 bridgehead atoms. The molecule has 8 heteroatoms. The number of H-pyrrole nitrogens is 1. The van der Waals surface area contributed by atoms with E-state index in [-0.39, 0.29) is 12.5 Å². The maximum Gasteiger partial charge on any atom is 0.407 e. The van der Waals surface area contributed by atoms with E-state index in [1.54, 1.807) is 18.3 Å². The second-order valence-electron chi connectivity index (χ2n) is 9.59. The van der Waals surface area contributed by atoms with Crippen LogP contribution < -0.4 is 5.32 Å². The Bertz CT molecular complexity index is 1160. The standard InChI is InChI=1S/C27H33ClN4O3/c1-18(2)31-12-10-19(11-13-31)16-32(27(34)35)17-25(20-6-4-3-5-7-20)30-26(33)21-8-9-22-23(28)15-29-24(22)14-21/h3-9,14-15,18-19,25,29H,10-13,16-17H2,1-2H3,(H,30,33)(H,34,35)/t25-/m0/s1. The summed E-state index contributed by atoms with van der Waals surface area (Å²) < 4.78 is 0. The Morgan fingerprint density at radius 2 is 1.89 bits per heavy atom. The molecule has 3 aromatic rings. The summed E-state index contributed by atoms with van der Waals surface area (Å²) in [6.07, 6.45) is 2.68. The van der Waals surface area contributed by atoms with Crippen molar-refractivity contribution in [3.8, 4) is 0 Å². The normalized spacial score (nSPS) is 15.9. The lowest BCUT2D eigenvalue weighted by Crippen LogP contribution is -2.45. The van der Waals surface area contributed by atoms with Crippen molar-refractivity contribution in [3.63, 3.8) is 0 Å². The van der Waals surface area contributed by atoms with E-state index in [0.29, 0.717) is 29.1 Å². The van der Waals surface area contributed by atoms with Crippen LogP contribution in [0.1, 0.15) is 48.7 Å². The molecule has 0 saturated carbocycles. The van der Waals surface area contributed by atoms with Gasteiger partial charge in [-0.3, -0.25) is 4.79 Å². The van der Waals surface area contributed by atoms with Crippen molar-refractivity contribution in [2.45, 2.75) is 38.8 Å². The molecular formula is C27H33ClN4O3. The van der Waals surface area contributed by atoms with Crippen molar-refractivity contribution in [2.75, 3.05) is 26.2 Å². The van der Waals surface area contributed by atoms with E-state index in [9.17, 15) is 14.7 Å². The summed E-state index contributed by atoms with van der Waals surface area (Å²) in [7, 11) is 0. The molecule has 0 radical (unpaired) electrons. The number of halogens is 1. The molecular weight excluding hydrogens is 464 g/mol. The van der Waals surface area contributed by atoms with Gasteiger partial charge in [0.05, 0.1) is 11.1 Å². The molecule has 1 fully saturated rings. The third-order valence-electron chi connectivity index (χ3n) is 6.93. The number of carbonyl (C=O) groups excluding carboxylic acids is 1. The van der Waals surface area contributed by atoms with Gasteiger partial charge in [0, 0.05) is 41.8 Å². The maximum atomic E-state index is 13.2. The Balaban J connectivity index is 1.49. The summed E-state index contributed by atoms with van der Waals surface area (Å²) in [5.74, 6) is 0.0512. The minimum Gasteiger partial charge on any atom is -0.465 e. The van der Waals surface area contributed by atoms with E-state index in [4.69, 9.17) is 11.6 Å². The summed E-state index contributed by atoms with van der Waals surface area (Å²) in [6.45, 7) is 7.01. The molecule has 0 unspecified atom stereocenters. The molecule has 2 heterocycles. The van der Waals surface area contributed by atoms with Crippen LogP contribution in [-0.4, -0.2) is 64.1 Å². The number of rotatable bonds is 8. The van der Waals surface area contributed by atoms with Crippen LogP contribution in [-0.2, 0) is 0 Å². The number of aromatic amines is 1. The highest BCUT2D eigenvalue weighted by Gasteiger charge is 2.27. The number of piperidine rings is 1. The molecule has 0 aliphatic carbocycles. The fraction of sp³-hybridized carbons (Fsp3) is 0.407. The van der Waals surface area contributed by atoms with E-state index >= 15 is 0 Å². The summed E-state index contributed by atoms with van der Waals surface area (Å²) in [4.78, 5) is 32.4. The van der Waals surface area contributed by atoms with Crippen LogP contribution in [0.5, 0.6) is 0 Å². The van der Waals surface area contributed by atoms with Gasteiger partial charge in [-0.15, -0.1) is 0 Å². The van der Waals surface area contributed by atoms with Crippen molar-refractivity contribution in [1.82, 2.24) is 20.1 Å². The smallest absolute Gasteiger partial charge is 0.407 e. The number of hydrogen-bond acceptors (Lipinski definition) is 3. The first-order valence-electron chi connectivity index (χ1n) is 12.2. The quantitative estimate of drug-likeness (QED) is 0.390. The fourth-order valence-corrected chi connectivity index (χ4v) is 5.03. The molecule has 1 saturated heterocycles. The predicted molar refractivity (Wildman–Crippen MR) is 139 cm³/mol. The first-order chi connectivity index (χ1) is 16.8. The summed E-state index contributed by atoms with van der Waals surface area (Å²) in [5, 5.41) is 14.5. The highest BCUT2D eigenvalue weighted by Crippen LogP contribution is 2.25. The van der Waals surface area contributed by atoms with Gasteiger partial charge in [-0.1, -0.05) is 48.0 Å². The van der Waals surface area contributed by atoms with E-state index in [2.05, 4.69) is 29.0 Å². The molecule has 1 atom stereocenters. The van der Waals surface area contributed by atoms with Crippen LogP contribution in [0.3, 0.4) is 0 Å². The van der Waals surface area contributed by atoms with E-state index in [1.807, 2.05) is 36.4 Å². The third kappa shape index (κ3) is 6.16. The highest BCUT2D eigenvalue weighted by atomic mass is 35.5. The van der Waals surface area contributed by atoms with E-state index in [1.165, 1.54) is 4.90 Å². The number of benzene rings is 2. The third-order valence-corrected chi connectivity index (χ3v) is 7.24. The average molecular weight is 497 g/mol. The van der Waals surface area contributed by atoms with Gasteiger partial charge in [0.15, 0.2) is 0 Å². The number of carbonyl (C=O) groups is 2. The van der Waals surface area contributed by atoms with Crippen LogP contribution in [0.4, 0.5) is 4.79 Å². The van der Waals surface area contributed by atoms with Crippen LogP contribution >= 0.6 is 11.6 Å². The molecule has 2 amide bonds. The second-order valence-corrected chi connectivity index (χ2v) is 10.0. The first-order valence-corrected chi connectivity index (χ1v) is 12.5. The van der Waals surface area contributed by atoms with Crippen LogP contribution in [0.15, 0.2) is 54.7 Å². The van der Waals surface area contributed by atoms with Gasteiger partial charge in [0.2, 0.25) is 0 Å². The van der Waals surface area contributed by atoms with E-state index < -0.39 is 12.1 Å². The zero-order valence-electron chi connectivity index (χ0n) is 20.2. The summed E-state index contributed by atoms with van der Waals surface area (Å²) in [5.41, 5.74) is 2.13. The molecule has 0 spiro atoms. The van der Waals surface area contributed by atoms with E-state index in [0.717, 1.165) is 42.4 Å². The monoisotopic (exact) mass is 496 g/mol. The molecule has 35 heavy (non-hydrogen) atoms. The van der Waals surface area contributed by atoms with Gasteiger partial charge >= 0.3 is 6.09 Å². The highest BCUT2D eigenvalue weighted by molar-refractivity contribution is 6.35. The number of fused-ring (bicyclic) bond motifs is 1. The molecule has 3 N–H and O–H groups in total. The zero-order valence-corrected chi connectivity index (χ0v) is 21.0. The molecule has 1 aliphatic rings. The summed E-state index contributed by atoms with van der Waals surface area (Å²) in [6, 6.07) is 14.9. The van der Waals surface area contributed by atoms with Crippen molar-refractivity contribution in [3.05, 3.63) is 70.9 Å². The van der Waals surface area contributed by atoms with Crippen molar-refractivity contribution in [1.29, 1.82) is 0 Å². The van der Waals surface area contributed by atoms with Gasteiger partial charge in [-0.05, 0) is 63.4 Å². The maximum absolute atomic E-state index is 13.2. The van der Waals surface area contributed by atoms with Crippen molar-refractivity contribution >= 4 is 34.5 Å². The van der Waals surface area contributed by atoms with Crippen molar-refractivity contribution < 1.29 is 14.7 Å². The summed E-state index contributed by atoms with van der Waals surface area (Å²) >= 11 is 6.16. The lowest BCUT2D eigenvalue weighted by molar-refractivity contribution is 0.0884. The number of hydrogen-bond donors (Lipinski definition) is 3. The number of amides is 2. The Labute approximate surface area is 211 Å². The lowest BCUT2D eigenvalue weighted by atomic mass is 9.95. The van der Waals surface area contributed by atoms with Gasteiger partial charge in [0.1, 0.15) is 0 Å².